The molecule has 15 heavy (non-hydrogen) atoms. The lowest BCUT2D eigenvalue weighted by atomic mass is 10.1. The molecule has 0 saturated heterocycles. The molecular weight excluding hydrogens is 190 g/mol. The minimum absolute atomic E-state index is 0.783. The first-order chi connectivity index (χ1) is 7.45. The van der Waals surface area contributed by atoms with Crippen LogP contribution in [0.3, 0.4) is 0 Å². The summed E-state index contributed by atoms with van der Waals surface area (Å²) in [5, 5.41) is 13.8. The third-order valence-electron chi connectivity index (χ3n) is 2.26. The van der Waals surface area contributed by atoms with E-state index in [4.69, 9.17) is 4.84 Å². The molecule has 0 radical (unpaired) electrons. The zero-order valence-electron chi connectivity index (χ0n) is 7.79. The van der Waals surface area contributed by atoms with Crippen molar-refractivity contribution in [1.29, 1.82) is 0 Å². The molecule has 2 heterocycles. The minimum Gasteiger partial charge on any atom is -0.364 e. The van der Waals surface area contributed by atoms with Crippen LogP contribution in [0.15, 0.2) is 46.1 Å². The van der Waals surface area contributed by atoms with Crippen molar-refractivity contribution < 1.29 is 4.84 Å². The molecule has 0 saturated carbocycles. The van der Waals surface area contributed by atoms with Gasteiger partial charge in [-0.2, -0.15) is 5.11 Å². The normalized spacial score (nSPS) is 15.5. The van der Waals surface area contributed by atoms with Gasteiger partial charge in [-0.1, -0.05) is 17.3 Å². The highest BCUT2D eigenvalue weighted by molar-refractivity contribution is 5.66. The van der Waals surface area contributed by atoms with Gasteiger partial charge in [0.2, 0.25) is 0 Å². The molecular formula is C11H7N3O. The van der Waals surface area contributed by atoms with Gasteiger partial charge in [0.15, 0.2) is 0 Å². The molecule has 4 heteroatoms. The van der Waals surface area contributed by atoms with Crippen LogP contribution in [0.25, 0.3) is 12.2 Å². The van der Waals surface area contributed by atoms with Gasteiger partial charge in [0.25, 0.3) is 0 Å². The maximum absolute atomic E-state index is 4.86. The van der Waals surface area contributed by atoms with Crippen molar-refractivity contribution >= 4 is 17.8 Å². The molecule has 0 atom stereocenters. The van der Waals surface area contributed by atoms with Crippen LogP contribution < -0.4 is 10.6 Å². The van der Waals surface area contributed by atoms with Crippen LogP contribution in [0, 0.1) is 0 Å². The van der Waals surface area contributed by atoms with Crippen LogP contribution in [-0.2, 0) is 4.84 Å². The quantitative estimate of drug-likeness (QED) is 0.623. The van der Waals surface area contributed by atoms with Gasteiger partial charge in [-0.05, 0) is 18.2 Å². The highest BCUT2D eigenvalue weighted by Crippen LogP contribution is 2.15. The van der Waals surface area contributed by atoms with E-state index in [-0.39, 0.29) is 0 Å². The van der Waals surface area contributed by atoms with Gasteiger partial charge in [0, 0.05) is 17.0 Å². The second-order valence-electron chi connectivity index (χ2n) is 3.16. The van der Waals surface area contributed by atoms with Crippen molar-refractivity contribution in [3.63, 3.8) is 0 Å². The van der Waals surface area contributed by atoms with Gasteiger partial charge >= 0.3 is 0 Å². The molecule has 0 fully saturated rings. The van der Waals surface area contributed by atoms with Gasteiger partial charge in [0.1, 0.15) is 17.3 Å². The molecule has 0 unspecified atom stereocenters. The highest BCUT2D eigenvalue weighted by atomic mass is 16.6. The summed E-state index contributed by atoms with van der Waals surface area (Å²) in [7, 11) is 0. The second-order valence-corrected chi connectivity index (χ2v) is 3.16. The molecule has 2 aliphatic rings. The Morgan fingerprint density at radius 1 is 1.20 bits per heavy atom. The Kier molecular flexibility index (Phi) is 1.71. The fourth-order valence-electron chi connectivity index (χ4n) is 1.57. The summed E-state index contributed by atoms with van der Waals surface area (Å²) in [6.45, 7) is 0. The molecule has 2 aliphatic heterocycles. The van der Waals surface area contributed by atoms with E-state index in [2.05, 4.69) is 15.4 Å². The van der Waals surface area contributed by atoms with Crippen LogP contribution in [0.4, 0.5) is 5.69 Å². The van der Waals surface area contributed by atoms with E-state index in [0.29, 0.717) is 0 Å². The SMILES string of the molecule is C1=CN=Nc2c3c(ccc2=C1)=NOC=C3. The molecule has 1 aromatic carbocycles. The second kappa shape index (κ2) is 3.16. The number of hydrogen-bond acceptors (Lipinski definition) is 4. The maximum atomic E-state index is 4.86. The Balaban J connectivity index is 2.44. The van der Waals surface area contributed by atoms with E-state index in [9.17, 15) is 0 Å². The molecule has 72 valence electrons. The van der Waals surface area contributed by atoms with Gasteiger partial charge in [-0.25, -0.2) is 0 Å². The number of rotatable bonds is 0. The number of hydrogen-bond donors (Lipinski definition) is 0. The lowest BCUT2D eigenvalue weighted by Gasteiger charge is -2.04. The summed E-state index contributed by atoms with van der Waals surface area (Å²) in [5.74, 6) is 0. The topological polar surface area (TPSA) is 46.3 Å². The van der Waals surface area contributed by atoms with Crippen molar-refractivity contribution in [3.8, 4) is 0 Å². The summed E-state index contributed by atoms with van der Waals surface area (Å²) >= 11 is 0. The molecule has 0 bridgehead atoms. The first-order valence-corrected chi connectivity index (χ1v) is 4.56. The van der Waals surface area contributed by atoms with Crippen LogP contribution in [0.5, 0.6) is 0 Å². The number of allylic oxidation sites excluding steroid dienone is 1. The monoisotopic (exact) mass is 197 g/mol. The Labute approximate surface area is 85.6 Å². The van der Waals surface area contributed by atoms with Gasteiger partial charge in [-0.3, -0.25) is 0 Å². The van der Waals surface area contributed by atoms with Crippen molar-refractivity contribution in [2.45, 2.75) is 0 Å². The molecule has 0 amide bonds. The van der Waals surface area contributed by atoms with Crippen LogP contribution in [0.1, 0.15) is 5.56 Å². The zero-order valence-corrected chi connectivity index (χ0v) is 7.79. The van der Waals surface area contributed by atoms with Crippen molar-refractivity contribution in [3.05, 3.63) is 46.8 Å². The Hall–Kier alpha value is -2.23. The predicted octanol–water partition coefficient (Wildman–Crippen LogP) is 1.61. The summed E-state index contributed by atoms with van der Waals surface area (Å²) in [5.41, 5.74) is 1.78. The fraction of sp³-hybridized carbons (Fsp3) is 0. The molecule has 0 aliphatic carbocycles. The van der Waals surface area contributed by atoms with Crippen LogP contribution >= 0.6 is 0 Å². The molecule has 0 aromatic heterocycles. The smallest absolute Gasteiger partial charge is 0.122 e. The Morgan fingerprint density at radius 3 is 3.20 bits per heavy atom. The minimum atomic E-state index is 0.783. The van der Waals surface area contributed by atoms with Crippen LogP contribution in [0.2, 0.25) is 0 Å². The summed E-state index contributed by atoms with van der Waals surface area (Å²) in [4.78, 5) is 4.86. The van der Waals surface area contributed by atoms with E-state index in [1.54, 1.807) is 6.20 Å². The third kappa shape index (κ3) is 1.27. The first-order valence-electron chi connectivity index (χ1n) is 4.56. The first kappa shape index (κ1) is 8.11. The van der Waals surface area contributed by atoms with Gasteiger partial charge in [0.05, 0.1) is 0 Å². The average Bonchev–Trinajstić information content (AvgIpc) is 2.54. The molecule has 3 rings (SSSR count). The van der Waals surface area contributed by atoms with E-state index < -0.39 is 0 Å². The summed E-state index contributed by atoms with van der Waals surface area (Å²) in [6, 6.07) is 3.86. The van der Waals surface area contributed by atoms with E-state index in [1.807, 2.05) is 30.4 Å². The Bertz CT molecular complexity index is 611. The average molecular weight is 197 g/mol. The fourth-order valence-corrected chi connectivity index (χ4v) is 1.57. The van der Waals surface area contributed by atoms with E-state index >= 15 is 0 Å². The predicted molar refractivity (Wildman–Crippen MR) is 55.5 cm³/mol. The molecule has 4 nitrogen and oxygen atoms in total. The van der Waals surface area contributed by atoms with Gasteiger partial charge < -0.3 is 4.84 Å². The van der Waals surface area contributed by atoms with E-state index in [0.717, 1.165) is 21.8 Å². The maximum Gasteiger partial charge on any atom is 0.122 e. The number of nitrogens with zero attached hydrogens (tertiary/aromatic N) is 3. The van der Waals surface area contributed by atoms with Crippen molar-refractivity contribution in [2.75, 3.05) is 0 Å². The highest BCUT2D eigenvalue weighted by Gasteiger charge is 2.07. The van der Waals surface area contributed by atoms with E-state index in [1.165, 1.54) is 6.26 Å². The lowest BCUT2D eigenvalue weighted by molar-refractivity contribution is 0.253. The van der Waals surface area contributed by atoms with Gasteiger partial charge in [-0.15, -0.1) is 5.11 Å². The molecule has 1 aromatic rings. The van der Waals surface area contributed by atoms with Crippen molar-refractivity contribution in [1.82, 2.24) is 0 Å². The number of benzene rings is 1. The summed E-state index contributed by atoms with van der Waals surface area (Å²) in [6.07, 6.45) is 8.88. The number of azo groups is 1. The third-order valence-corrected chi connectivity index (χ3v) is 2.26. The lowest BCUT2D eigenvalue weighted by Crippen LogP contribution is -2.15. The molecule has 0 N–H and O–H groups in total. The Morgan fingerprint density at radius 2 is 2.20 bits per heavy atom. The molecule has 0 spiro atoms. The van der Waals surface area contributed by atoms with Crippen LogP contribution in [-0.4, -0.2) is 0 Å². The largest absolute Gasteiger partial charge is 0.364 e. The summed E-state index contributed by atoms with van der Waals surface area (Å²) < 4.78 is 0. The standard InChI is InChI=1S/C11H7N3O/c1-2-8-3-4-10-9(5-7-15-14-10)11(8)13-12-6-1/h1-7H. The number of fused-ring (bicyclic) bond motifs is 3. The van der Waals surface area contributed by atoms with Crippen molar-refractivity contribution in [2.24, 2.45) is 15.4 Å². The zero-order chi connectivity index (χ0) is 10.1.